The molecule has 150 valence electrons. The van der Waals surface area contributed by atoms with Crippen LogP contribution in [0.2, 0.25) is 0 Å². The van der Waals surface area contributed by atoms with Crippen LogP contribution in [0.5, 0.6) is 5.75 Å². The molecule has 0 saturated carbocycles. The molecule has 1 aromatic heterocycles. The fourth-order valence-corrected chi connectivity index (χ4v) is 4.51. The molecule has 0 spiro atoms. The van der Waals surface area contributed by atoms with Crippen LogP contribution >= 0.6 is 0 Å². The highest BCUT2D eigenvalue weighted by Crippen LogP contribution is 2.35. The van der Waals surface area contributed by atoms with Crippen molar-refractivity contribution in [3.63, 3.8) is 0 Å². The lowest BCUT2D eigenvalue weighted by molar-refractivity contribution is 0.419. The van der Waals surface area contributed by atoms with Gasteiger partial charge in [-0.25, -0.2) is 0 Å². The molecule has 0 bridgehead atoms. The Morgan fingerprint density at radius 3 is 2.55 bits per heavy atom. The van der Waals surface area contributed by atoms with Gasteiger partial charge in [0, 0.05) is 22.0 Å². The summed E-state index contributed by atoms with van der Waals surface area (Å²) in [5, 5.41) is 7.57. The van der Waals surface area contributed by atoms with Gasteiger partial charge >= 0.3 is 0 Å². The van der Waals surface area contributed by atoms with E-state index < -0.39 is 0 Å². The first-order chi connectivity index (χ1) is 14.2. The van der Waals surface area contributed by atoms with E-state index in [0.29, 0.717) is 6.04 Å². The molecule has 2 N–H and O–H groups in total. The van der Waals surface area contributed by atoms with Gasteiger partial charge in [-0.05, 0) is 61.0 Å². The molecule has 0 fully saturated rings. The van der Waals surface area contributed by atoms with E-state index >= 15 is 0 Å². The molecule has 1 atom stereocenters. The first-order valence-electron chi connectivity index (χ1n) is 10.6. The molecule has 1 unspecified atom stereocenters. The second-order valence-electron chi connectivity index (χ2n) is 7.50. The van der Waals surface area contributed by atoms with Crippen LogP contribution in [0.4, 0.5) is 0 Å². The van der Waals surface area contributed by atoms with Crippen molar-refractivity contribution in [2.75, 3.05) is 13.7 Å². The molecule has 2 heterocycles. The highest BCUT2D eigenvalue weighted by atomic mass is 16.5. The van der Waals surface area contributed by atoms with E-state index in [1.807, 2.05) is 13.8 Å². The van der Waals surface area contributed by atoms with Crippen LogP contribution < -0.4 is 10.1 Å². The van der Waals surface area contributed by atoms with Gasteiger partial charge in [-0.15, -0.1) is 0 Å². The molecule has 0 aliphatic carbocycles. The quantitative estimate of drug-likeness (QED) is 0.447. The number of ether oxygens (including phenoxy) is 1. The second-order valence-corrected chi connectivity index (χ2v) is 7.50. The number of hydrogen-bond acceptors (Lipinski definition) is 2. The lowest BCUT2D eigenvalue weighted by Gasteiger charge is -2.25. The number of hydrogen-bond donors (Lipinski definition) is 2. The first-order valence-corrected chi connectivity index (χ1v) is 10.6. The van der Waals surface area contributed by atoms with E-state index in [1.54, 1.807) is 7.11 Å². The van der Waals surface area contributed by atoms with E-state index in [1.165, 1.54) is 44.1 Å². The third kappa shape index (κ3) is 3.51. The molecule has 29 heavy (non-hydrogen) atoms. The van der Waals surface area contributed by atoms with Crippen LogP contribution in [0.3, 0.4) is 0 Å². The summed E-state index contributed by atoms with van der Waals surface area (Å²) in [4.78, 5) is 3.70. The Morgan fingerprint density at radius 2 is 1.76 bits per heavy atom. The maximum atomic E-state index is 5.56. The fraction of sp³-hybridized carbons (Fsp3) is 0.308. The monoisotopic (exact) mass is 386 g/mol. The predicted octanol–water partition coefficient (Wildman–Crippen LogP) is 6.09. The van der Waals surface area contributed by atoms with Crippen LogP contribution in [0.25, 0.3) is 21.7 Å². The number of benzene rings is 3. The van der Waals surface area contributed by atoms with Crippen LogP contribution in [0.15, 0.2) is 54.6 Å². The SMILES string of the molecule is CC.COc1ccc(CC2NCCc3c2[nH]c2ccc(C)cc32)c2ccccc12. The maximum Gasteiger partial charge on any atom is 0.126 e. The maximum absolute atomic E-state index is 5.56. The number of methoxy groups -OCH3 is 1. The molecule has 1 aliphatic rings. The Hall–Kier alpha value is -2.78. The molecule has 3 aromatic carbocycles. The summed E-state index contributed by atoms with van der Waals surface area (Å²) in [6.07, 6.45) is 2.04. The lowest BCUT2D eigenvalue weighted by Crippen LogP contribution is -2.31. The minimum atomic E-state index is 0.304. The molecular formula is C26H30N2O. The van der Waals surface area contributed by atoms with Gasteiger partial charge in [0.15, 0.2) is 0 Å². The van der Waals surface area contributed by atoms with Crippen LogP contribution in [0.1, 0.15) is 42.3 Å². The van der Waals surface area contributed by atoms with E-state index in [-0.39, 0.29) is 0 Å². The van der Waals surface area contributed by atoms with Gasteiger partial charge < -0.3 is 15.0 Å². The summed E-state index contributed by atoms with van der Waals surface area (Å²) >= 11 is 0. The molecular weight excluding hydrogens is 356 g/mol. The number of aryl methyl sites for hydroxylation is 1. The summed E-state index contributed by atoms with van der Waals surface area (Å²) in [6, 6.07) is 19.8. The van der Waals surface area contributed by atoms with Crippen molar-refractivity contribution in [2.45, 2.75) is 39.7 Å². The number of aromatic nitrogens is 1. The van der Waals surface area contributed by atoms with Gasteiger partial charge in [0.2, 0.25) is 0 Å². The van der Waals surface area contributed by atoms with Gasteiger partial charge in [-0.3, -0.25) is 0 Å². The van der Waals surface area contributed by atoms with Gasteiger partial charge in [0.1, 0.15) is 5.75 Å². The van der Waals surface area contributed by atoms with E-state index in [4.69, 9.17) is 4.74 Å². The molecule has 5 rings (SSSR count). The largest absolute Gasteiger partial charge is 0.496 e. The third-order valence-corrected chi connectivity index (χ3v) is 5.83. The third-order valence-electron chi connectivity index (χ3n) is 5.83. The predicted molar refractivity (Wildman–Crippen MR) is 123 cm³/mol. The Labute approximate surface area is 173 Å². The molecule has 4 aromatic rings. The van der Waals surface area contributed by atoms with E-state index in [2.05, 4.69) is 71.8 Å². The Bertz CT molecular complexity index is 1140. The van der Waals surface area contributed by atoms with Crippen molar-refractivity contribution >= 4 is 21.7 Å². The molecule has 3 heteroatoms. The zero-order chi connectivity index (χ0) is 20.4. The summed E-state index contributed by atoms with van der Waals surface area (Å²) in [6.45, 7) is 7.19. The number of nitrogens with one attached hydrogen (secondary N) is 2. The molecule has 0 amide bonds. The van der Waals surface area contributed by atoms with Gasteiger partial charge in [0.05, 0.1) is 13.2 Å². The van der Waals surface area contributed by atoms with Crippen molar-refractivity contribution in [1.29, 1.82) is 0 Å². The lowest BCUT2D eigenvalue weighted by atomic mass is 9.92. The topological polar surface area (TPSA) is 37.0 Å². The summed E-state index contributed by atoms with van der Waals surface area (Å²) in [5.41, 5.74) is 6.75. The minimum Gasteiger partial charge on any atom is -0.496 e. The van der Waals surface area contributed by atoms with Gasteiger partial charge in [0.25, 0.3) is 0 Å². The van der Waals surface area contributed by atoms with Gasteiger partial charge in [-0.1, -0.05) is 55.8 Å². The van der Waals surface area contributed by atoms with E-state index in [9.17, 15) is 0 Å². The second kappa shape index (κ2) is 8.30. The van der Waals surface area contributed by atoms with Crippen LogP contribution in [-0.2, 0) is 12.8 Å². The van der Waals surface area contributed by atoms with E-state index in [0.717, 1.165) is 25.1 Å². The van der Waals surface area contributed by atoms with Crippen molar-refractivity contribution in [2.24, 2.45) is 0 Å². The first kappa shape index (κ1) is 19.5. The molecule has 3 nitrogen and oxygen atoms in total. The van der Waals surface area contributed by atoms with Crippen molar-refractivity contribution < 1.29 is 4.74 Å². The van der Waals surface area contributed by atoms with Crippen LogP contribution in [-0.4, -0.2) is 18.6 Å². The Morgan fingerprint density at radius 1 is 0.966 bits per heavy atom. The van der Waals surface area contributed by atoms with Crippen molar-refractivity contribution in [3.05, 3.63) is 77.0 Å². The Kier molecular flexibility index (Phi) is 5.59. The average Bonchev–Trinajstić information content (AvgIpc) is 3.14. The zero-order valence-corrected chi connectivity index (χ0v) is 17.8. The molecule has 0 radical (unpaired) electrons. The smallest absolute Gasteiger partial charge is 0.126 e. The highest BCUT2D eigenvalue weighted by molar-refractivity contribution is 5.91. The average molecular weight is 387 g/mol. The summed E-state index contributed by atoms with van der Waals surface area (Å²) in [5.74, 6) is 0.938. The normalized spacial score (nSPS) is 15.7. The van der Waals surface area contributed by atoms with Crippen molar-refractivity contribution in [1.82, 2.24) is 10.3 Å². The highest BCUT2D eigenvalue weighted by Gasteiger charge is 2.24. The Balaban J connectivity index is 0.000000994. The van der Waals surface area contributed by atoms with Crippen LogP contribution in [0, 0.1) is 6.92 Å². The summed E-state index contributed by atoms with van der Waals surface area (Å²) < 4.78 is 5.56. The van der Waals surface area contributed by atoms with Gasteiger partial charge in [-0.2, -0.15) is 0 Å². The zero-order valence-electron chi connectivity index (χ0n) is 17.8. The number of H-pyrrole nitrogens is 1. The summed E-state index contributed by atoms with van der Waals surface area (Å²) in [7, 11) is 1.74. The number of fused-ring (bicyclic) bond motifs is 4. The van der Waals surface area contributed by atoms with Crippen molar-refractivity contribution in [3.8, 4) is 5.75 Å². The number of rotatable bonds is 3. The fourth-order valence-electron chi connectivity index (χ4n) is 4.51. The molecule has 0 saturated heterocycles. The minimum absolute atomic E-state index is 0.304. The molecule has 1 aliphatic heterocycles. The number of aromatic amines is 1. The standard InChI is InChI=1S/C24H24N2O.C2H6/c1-15-7-9-21-20(13-15)19-11-12-25-22(24(19)26-21)14-16-8-10-23(27-2)18-6-4-3-5-17(16)18;1-2/h3-10,13,22,25-26H,11-12,14H2,1-2H3;1-2H3.